The summed E-state index contributed by atoms with van der Waals surface area (Å²) in [5, 5.41) is 1.10. The molecular weight excluding hydrogens is 260 g/mol. The molecule has 2 heterocycles. The number of piperidine rings is 1. The third-order valence-electron chi connectivity index (χ3n) is 4.16. The van der Waals surface area contributed by atoms with E-state index in [4.69, 9.17) is 0 Å². The van der Waals surface area contributed by atoms with Crippen LogP contribution in [0.3, 0.4) is 0 Å². The molecule has 1 saturated heterocycles. The Morgan fingerprint density at radius 3 is 2.81 bits per heavy atom. The number of amides is 1. The van der Waals surface area contributed by atoms with Crippen molar-refractivity contribution in [2.45, 2.75) is 19.8 Å². The molecule has 3 rings (SSSR count). The van der Waals surface area contributed by atoms with E-state index >= 15 is 0 Å². The van der Waals surface area contributed by atoms with Gasteiger partial charge >= 0.3 is 0 Å². The summed E-state index contributed by atoms with van der Waals surface area (Å²) in [6.07, 6.45) is 7.56. The molecule has 0 bridgehead atoms. The van der Waals surface area contributed by atoms with E-state index in [-0.39, 0.29) is 5.91 Å². The van der Waals surface area contributed by atoms with Gasteiger partial charge in [-0.2, -0.15) is 0 Å². The van der Waals surface area contributed by atoms with Crippen molar-refractivity contribution in [1.29, 1.82) is 0 Å². The minimum Gasteiger partial charge on any atom is -0.339 e. The number of nitrogens with zero attached hydrogens (tertiary/aromatic N) is 2. The number of aromatic nitrogens is 1. The first-order valence-corrected chi connectivity index (χ1v) is 7.55. The van der Waals surface area contributed by atoms with Gasteiger partial charge in [0.15, 0.2) is 0 Å². The first-order chi connectivity index (χ1) is 10.2. The Bertz CT molecular complexity index is 664. The molecule has 1 aromatic heterocycles. The number of rotatable bonds is 2. The molecule has 0 atom stereocenters. The van der Waals surface area contributed by atoms with Gasteiger partial charge in [-0.3, -0.25) is 9.78 Å². The van der Waals surface area contributed by atoms with Crippen molar-refractivity contribution in [2.24, 2.45) is 5.92 Å². The van der Waals surface area contributed by atoms with Crippen molar-refractivity contribution in [1.82, 2.24) is 9.88 Å². The number of para-hydroxylation sites is 1. The maximum Gasteiger partial charge on any atom is 0.246 e. The summed E-state index contributed by atoms with van der Waals surface area (Å²) in [6, 6.07) is 9.99. The smallest absolute Gasteiger partial charge is 0.246 e. The predicted octanol–water partition coefficient (Wildman–Crippen LogP) is 3.51. The van der Waals surface area contributed by atoms with Crippen molar-refractivity contribution in [2.75, 3.05) is 13.1 Å². The van der Waals surface area contributed by atoms with E-state index in [9.17, 15) is 4.79 Å². The number of benzene rings is 1. The average molecular weight is 280 g/mol. The molecule has 1 aromatic carbocycles. The summed E-state index contributed by atoms with van der Waals surface area (Å²) >= 11 is 0. The van der Waals surface area contributed by atoms with Crippen molar-refractivity contribution in [3.8, 4) is 0 Å². The number of carbonyl (C=O) groups is 1. The van der Waals surface area contributed by atoms with E-state index in [0.29, 0.717) is 0 Å². The zero-order valence-corrected chi connectivity index (χ0v) is 12.3. The normalized spacial score (nSPS) is 16.7. The Hall–Kier alpha value is -2.16. The molecule has 0 spiro atoms. The van der Waals surface area contributed by atoms with Crippen LogP contribution in [-0.2, 0) is 4.79 Å². The third-order valence-corrected chi connectivity index (χ3v) is 4.16. The molecular formula is C18H20N2O. The second kappa shape index (κ2) is 6.08. The fourth-order valence-electron chi connectivity index (χ4n) is 2.76. The van der Waals surface area contributed by atoms with Crippen LogP contribution in [-0.4, -0.2) is 28.9 Å². The monoisotopic (exact) mass is 280 g/mol. The molecule has 0 N–H and O–H groups in total. The Kier molecular flexibility index (Phi) is 4.00. The zero-order chi connectivity index (χ0) is 14.7. The summed E-state index contributed by atoms with van der Waals surface area (Å²) in [4.78, 5) is 18.6. The van der Waals surface area contributed by atoms with Crippen LogP contribution in [0.1, 0.15) is 25.3 Å². The fraction of sp³-hybridized carbons (Fsp3) is 0.333. The predicted molar refractivity (Wildman–Crippen MR) is 85.8 cm³/mol. The maximum absolute atomic E-state index is 12.2. The van der Waals surface area contributed by atoms with Gasteiger partial charge in [-0.15, -0.1) is 0 Å². The molecule has 0 saturated carbocycles. The largest absolute Gasteiger partial charge is 0.339 e. The quantitative estimate of drug-likeness (QED) is 0.789. The highest BCUT2D eigenvalue weighted by atomic mass is 16.2. The van der Waals surface area contributed by atoms with Gasteiger partial charge in [0.05, 0.1) is 5.52 Å². The molecule has 1 amide bonds. The van der Waals surface area contributed by atoms with Gasteiger partial charge in [0, 0.05) is 36.3 Å². The molecule has 3 heteroatoms. The molecule has 0 unspecified atom stereocenters. The molecule has 1 aliphatic heterocycles. The number of hydrogen-bond acceptors (Lipinski definition) is 2. The molecule has 1 aliphatic rings. The van der Waals surface area contributed by atoms with Crippen LogP contribution in [0.5, 0.6) is 0 Å². The number of hydrogen-bond donors (Lipinski definition) is 0. The lowest BCUT2D eigenvalue weighted by Gasteiger charge is -2.29. The molecule has 0 radical (unpaired) electrons. The standard InChI is InChI=1S/C18H20N2O/c1-14-9-12-20(13-10-14)17(21)8-7-16-5-2-4-15-6-3-11-19-18(15)16/h2-8,11,14H,9-10,12-13H2,1H3/b8-7+. The average Bonchev–Trinajstić information content (AvgIpc) is 2.53. The lowest BCUT2D eigenvalue weighted by Crippen LogP contribution is -2.36. The van der Waals surface area contributed by atoms with E-state index in [0.717, 1.165) is 48.3 Å². The molecule has 21 heavy (non-hydrogen) atoms. The van der Waals surface area contributed by atoms with Crippen LogP contribution >= 0.6 is 0 Å². The third kappa shape index (κ3) is 3.13. The van der Waals surface area contributed by atoms with Crippen LogP contribution in [0.2, 0.25) is 0 Å². The van der Waals surface area contributed by atoms with Crippen LogP contribution in [0, 0.1) is 5.92 Å². The minimum absolute atomic E-state index is 0.106. The summed E-state index contributed by atoms with van der Waals surface area (Å²) in [5.74, 6) is 0.843. The maximum atomic E-state index is 12.2. The van der Waals surface area contributed by atoms with Gasteiger partial charge in [-0.1, -0.05) is 31.2 Å². The first-order valence-electron chi connectivity index (χ1n) is 7.55. The van der Waals surface area contributed by atoms with E-state index in [2.05, 4.69) is 11.9 Å². The second-order valence-corrected chi connectivity index (χ2v) is 5.76. The van der Waals surface area contributed by atoms with Crippen LogP contribution in [0.15, 0.2) is 42.6 Å². The Balaban J connectivity index is 1.77. The molecule has 1 fully saturated rings. The summed E-state index contributed by atoms with van der Waals surface area (Å²) in [5.41, 5.74) is 1.93. The van der Waals surface area contributed by atoms with Crippen molar-refractivity contribution < 1.29 is 4.79 Å². The number of pyridine rings is 1. The van der Waals surface area contributed by atoms with Gasteiger partial charge in [0.2, 0.25) is 5.91 Å². The van der Waals surface area contributed by atoms with E-state index in [1.807, 2.05) is 41.3 Å². The zero-order valence-electron chi connectivity index (χ0n) is 12.3. The topological polar surface area (TPSA) is 33.2 Å². The summed E-state index contributed by atoms with van der Waals surface area (Å²) in [6.45, 7) is 4.00. The lowest BCUT2D eigenvalue weighted by molar-refractivity contribution is -0.127. The van der Waals surface area contributed by atoms with Crippen molar-refractivity contribution in [3.05, 3.63) is 48.2 Å². The molecule has 3 nitrogen and oxygen atoms in total. The molecule has 0 aliphatic carbocycles. The molecule has 2 aromatic rings. The van der Waals surface area contributed by atoms with Gasteiger partial charge in [-0.05, 0) is 30.9 Å². The fourth-order valence-corrected chi connectivity index (χ4v) is 2.76. The van der Waals surface area contributed by atoms with Crippen LogP contribution < -0.4 is 0 Å². The van der Waals surface area contributed by atoms with Crippen LogP contribution in [0.25, 0.3) is 17.0 Å². The summed E-state index contributed by atoms with van der Waals surface area (Å²) < 4.78 is 0. The van der Waals surface area contributed by atoms with Gasteiger partial charge < -0.3 is 4.90 Å². The van der Waals surface area contributed by atoms with E-state index in [1.165, 1.54) is 0 Å². The van der Waals surface area contributed by atoms with E-state index < -0.39 is 0 Å². The lowest BCUT2D eigenvalue weighted by atomic mass is 9.99. The SMILES string of the molecule is CC1CCN(C(=O)/C=C/c2cccc3cccnc23)CC1. The number of fused-ring (bicyclic) bond motifs is 1. The second-order valence-electron chi connectivity index (χ2n) is 5.76. The number of carbonyl (C=O) groups excluding carboxylic acids is 1. The minimum atomic E-state index is 0.106. The van der Waals surface area contributed by atoms with Gasteiger partial charge in [0.1, 0.15) is 0 Å². The van der Waals surface area contributed by atoms with E-state index in [1.54, 1.807) is 12.3 Å². The Morgan fingerprint density at radius 1 is 1.24 bits per heavy atom. The van der Waals surface area contributed by atoms with Gasteiger partial charge in [-0.25, -0.2) is 0 Å². The highest BCUT2D eigenvalue weighted by Crippen LogP contribution is 2.19. The van der Waals surface area contributed by atoms with Gasteiger partial charge in [0.25, 0.3) is 0 Å². The summed E-state index contributed by atoms with van der Waals surface area (Å²) in [7, 11) is 0. The Morgan fingerprint density at radius 2 is 2.00 bits per heavy atom. The van der Waals surface area contributed by atoms with Crippen LogP contribution in [0.4, 0.5) is 0 Å². The Labute approximate surface area is 125 Å². The first kappa shape index (κ1) is 13.8. The van der Waals surface area contributed by atoms with Crippen molar-refractivity contribution >= 4 is 22.9 Å². The molecule has 108 valence electrons. The van der Waals surface area contributed by atoms with Crippen molar-refractivity contribution in [3.63, 3.8) is 0 Å². The number of likely N-dealkylation sites (tertiary alicyclic amines) is 1. The highest BCUT2D eigenvalue weighted by Gasteiger charge is 2.18. The highest BCUT2D eigenvalue weighted by molar-refractivity contribution is 5.95.